The van der Waals surface area contributed by atoms with E-state index in [2.05, 4.69) is 10.1 Å². The molecule has 0 amide bonds. The molecule has 2 heterocycles. The zero-order chi connectivity index (χ0) is 13.9. The lowest BCUT2D eigenvalue weighted by Gasteiger charge is -2.23. The average molecular weight is 261 g/mol. The third-order valence-corrected chi connectivity index (χ3v) is 3.17. The molecule has 1 aromatic heterocycles. The molecule has 102 valence electrons. The highest BCUT2D eigenvalue weighted by atomic mass is 19.3. The summed E-state index contributed by atoms with van der Waals surface area (Å²) in [4.78, 5) is 3.91. The lowest BCUT2D eigenvalue weighted by atomic mass is 9.95. The molecule has 0 fully saturated rings. The minimum atomic E-state index is -3.11. The van der Waals surface area contributed by atoms with Crippen molar-refractivity contribution in [3.8, 4) is 0 Å². The number of halogens is 3. The van der Waals surface area contributed by atoms with Gasteiger partial charge in [-0.25, -0.2) is 14.1 Å². The number of hydrogen-bond acceptors (Lipinski definition) is 2. The van der Waals surface area contributed by atoms with Crippen molar-refractivity contribution in [1.29, 1.82) is 0 Å². The SMILES string of the molecule is CC(C)(C)c1nc2n(n1)C(C(C)(C)F)CC2(F)F. The molecule has 0 spiro atoms. The molecule has 18 heavy (non-hydrogen) atoms. The van der Waals surface area contributed by atoms with Gasteiger partial charge in [0.25, 0.3) is 0 Å². The van der Waals surface area contributed by atoms with Gasteiger partial charge in [0.15, 0.2) is 11.6 Å². The molecule has 0 aromatic carbocycles. The molecule has 1 aliphatic rings. The Kier molecular flexibility index (Phi) is 2.59. The topological polar surface area (TPSA) is 30.7 Å². The largest absolute Gasteiger partial charge is 0.308 e. The minimum Gasteiger partial charge on any atom is -0.242 e. The number of nitrogens with zero attached hydrogens (tertiary/aromatic N) is 3. The van der Waals surface area contributed by atoms with Crippen LogP contribution in [-0.2, 0) is 11.3 Å². The predicted octanol–water partition coefficient (Wildman–Crippen LogP) is 3.36. The summed E-state index contributed by atoms with van der Waals surface area (Å²) >= 11 is 0. The van der Waals surface area contributed by atoms with E-state index in [1.807, 2.05) is 20.8 Å². The Hall–Kier alpha value is -1.07. The molecule has 0 radical (unpaired) electrons. The van der Waals surface area contributed by atoms with Gasteiger partial charge in [0.2, 0.25) is 0 Å². The number of fused-ring (bicyclic) bond motifs is 1. The fourth-order valence-corrected chi connectivity index (χ4v) is 2.06. The molecule has 2 rings (SSSR count). The van der Waals surface area contributed by atoms with Crippen molar-refractivity contribution in [3.05, 3.63) is 11.6 Å². The van der Waals surface area contributed by atoms with Crippen molar-refractivity contribution >= 4 is 0 Å². The summed E-state index contributed by atoms with van der Waals surface area (Å²) in [6.07, 6.45) is -0.573. The Balaban J connectivity index is 2.53. The lowest BCUT2D eigenvalue weighted by Crippen LogP contribution is -2.28. The molecule has 1 aromatic rings. The van der Waals surface area contributed by atoms with Gasteiger partial charge < -0.3 is 0 Å². The van der Waals surface area contributed by atoms with Crippen molar-refractivity contribution in [2.75, 3.05) is 0 Å². The second kappa shape index (κ2) is 3.48. The summed E-state index contributed by atoms with van der Waals surface area (Å²) in [5.74, 6) is -3.20. The third-order valence-electron chi connectivity index (χ3n) is 3.17. The Labute approximate surface area is 104 Å². The van der Waals surface area contributed by atoms with Gasteiger partial charge in [0.05, 0.1) is 6.04 Å². The van der Waals surface area contributed by atoms with Crippen LogP contribution in [0.3, 0.4) is 0 Å². The Bertz CT molecular complexity index is 466. The lowest BCUT2D eigenvalue weighted by molar-refractivity contribution is -0.0235. The normalized spacial score (nSPS) is 23.2. The highest BCUT2D eigenvalue weighted by molar-refractivity contribution is 5.14. The molecule has 0 N–H and O–H groups in total. The van der Waals surface area contributed by atoms with Gasteiger partial charge in [-0.1, -0.05) is 20.8 Å². The fraction of sp³-hybridized carbons (Fsp3) is 0.833. The number of hydrogen-bond donors (Lipinski definition) is 0. The molecule has 1 atom stereocenters. The van der Waals surface area contributed by atoms with E-state index in [1.54, 1.807) is 0 Å². The zero-order valence-electron chi connectivity index (χ0n) is 11.3. The summed E-state index contributed by atoms with van der Waals surface area (Å²) in [5.41, 5.74) is -2.18. The number of rotatable bonds is 1. The van der Waals surface area contributed by atoms with E-state index in [9.17, 15) is 13.2 Å². The minimum absolute atomic E-state index is 0.325. The Morgan fingerprint density at radius 2 is 1.78 bits per heavy atom. The molecular weight excluding hydrogens is 243 g/mol. The van der Waals surface area contributed by atoms with E-state index < -0.39 is 35.3 Å². The highest BCUT2D eigenvalue weighted by Gasteiger charge is 2.53. The van der Waals surface area contributed by atoms with E-state index in [1.165, 1.54) is 13.8 Å². The molecule has 1 unspecified atom stereocenters. The zero-order valence-corrected chi connectivity index (χ0v) is 11.3. The van der Waals surface area contributed by atoms with Crippen molar-refractivity contribution in [1.82, 2.24) is 14.8 Å². The first-order valence-corrected chi connectivity index (χ1v) is 5.97. The van der Waals surface area contributed by atoms with Gasteiger partial charge in [-0.2, -0.15) is 13.9 Å². The van der Waals surface area contributed by atoms with E-state index in [0.29, 0.717) is 5.82 Å². The maximum atomic E-state index is 14.0. The standard InChI is InChI=1S/C12H18F3N3/c1-10(2,3)8-16-9-12(14,15)6-7(11(4,5)13)18(9)17-8/h7H,6H2,1-5H3. The van der Waals surface area contributed by atoms with Crippen LogP contribution < -0.4 is 0 Å². The molecule has 6 heteroatoms. The first kappa shape index (κ1) is 13.4. The maximum absolute atomic E-state index is 14.0. The van der Waals surface area contributed by atoms with E-state index in [-0.39, 0.29) is 0 Å². The third kappa shape index (κ3) is 2.01. The van der Waals surface area contributed by atoms with Crippen LogP contribution in [0, 0.1) is 0 Å². The van der Waals surface area contributed by atoms with Crippen molar-refractivity contribution in [2.45, 2.75) is 64.1 Å². The van der Waals surface area contributed by atoms with Gasteiger partial charge in [-0.05, 0) is 13.8 Å². The van der Waals surface area contributed by atoms with E-state index >= 15 is 0 Å². The van der Waals surface area contributed by atoms with Crippen LogP contribution in [0.15, 0.2) is 0 Å². The predicted molar refractivity (Wildman–Crippen MR) is 61.5 cm³/mol. The summed E-state index contributed by atoms with van der Waals surface area (Å²) in [6, 6.07) is -0.967. The molecule has 0 aliphatic carbocycles. The van der Waals surface area contributed by atoms with Gasteiger partial charge >= 0.3 is 5.92 Å². The van der Waals surface area contributed by atoms with Crippen molar-refractivity contribution in [3.63, 3.8) is 0 Å². The van der Waals surface area contributed by atoms with Gasteiger partial charge in [0.1, 0.15) is 5.67 Å². The summed E-state index contributed by atoms with van der Waals surface area (Å²) in [5, 5.41) is 4.09. The fourth-order valence-electron chi connectivity index (χ4n) is 2.06. The molecule has 0 saturated heterocycles. The quantitative estimate of drug-likeness (QED) is 0.776. The summed E-state index contributed by atoms with van der Waals surface area (Å²) in [6.45, 7) is 8.10. The molecule has 1 aliphatic heterocycles. The molecule has 3 nitrogen and oxygen atoms in total. The van der Waals surface area contributed by atoms with Crippen LogP contribution in [0.1, 0.15) is 58.7 Å². The number of alkyl halides is 3. The highest BCUT2D eigenvalue weighted by Crippen LogP contribution is 2.48. The molecule has 0 saturated carbocycles. The second-order valence-electron chi connectivity index (χ2n) is 6.44. The molecular formula is C12H18F3N3. The Morgan fingerprint density at radius 1 is 1.22 bits per heavy atom. The summed E-state index contributed by atoms with van der Waals surface area (Å²) < 4.78 is 42.7. The van der Waals surface area contributed by atoms with Crippen LogP contribution in [0.5, 0.6) is 0 Å². The first-order valence-electron chi connectivity index (χ1n) is 5.97. The first-order chi connectivity index (χ1) is 7.93. The monoisotopic (exact) mass is 261 g/mol. The van der Waals surface area contributed by atoms with Crippen LogP contribution in [0.2, 0.25) is 0 Å². The maximum Gasteiger partial charge on any atom is 0.308 e. The van der Waals surface area contributed by atoms with Crippen LogP contribution in [0.25, 0.3) is 0 Å². The van der Waals surface area contributed by atoms with Gasteiger partial charge in [-0.3, -0.25) is 0 Å². The second-order valence-corrected chi connectivity index (χ2v) is 6.44. The molecule has 0 bridgehead atoms. The van der Waals surface area contributed by atoms with Crippen molar-refractivity contribution < 1.29 is 13.2 Å². The van der Waals surface area contributed by atoms with E-state index in [4.69, 9.17) is 0 Å². The van der Waals surface area contributed by atoms with Crippen LogP contribution >= 0.6 is 0 Å². The summed E-state index contributed by atoms with van der Waals surface area (Å²) in [7, 11) is 0. The van der Waals surface area contributed by atoms with Gasteiger partial charge in [-0.15, -0.1) is 0 Å². The van der Waals surface area contributed by atoms with Crippen LogP contribution in [0.4, 0.5) is 13.2 Å². The Morgan fingerprint density at radius 3 is 2.22 bits per heavy atom. The number of aromatic nitrogens is 3. The average Bonchev–Trinajstić information content (AvgIpc) is 2.63. The van der Waals surface area contributed by atoms with Gasteiger partial charge in [0, 0.05) is 11.8 Å². The smallest absolute Gasteiger partial charge is 0.242 e. The van der Waals surface area contributed by atoms with E-state index in [0.717, 1.165) is 4.68 Å². The van der Waals surface area contributed by atoms with Crippen LogP contribution in [-0.4, -0.2) is 20.4 Å². The van der Waals surface area contributed by atoms with Crippen molar-refractivity contribution in [2.24, 2.45) is 0 Å².